The molecular weight excluding hydrogens is 332 g/mol. The van der Waals surface area contributed by atoms with Gasteiger partial charge in [-0.1, -0.05) is 0 Å². The maximum atomic E-state index is 13.5. The van der Waals surface area contributed by atoms with Gasteiger partial charge in [0.2, 0.25) is 5.78 Å². The van der Waals surface area contributed by atoms with Crippen molar-refractivity contribution in [1.29, 1.82) is 0 Å². The molecule has 1 aliphatic carbocycles. The van der Waals surface area contributed by atoms with Crippen LogP contribution in [0.15, 0.2) is 17.8 Å². The highest BCUT2D eigenvalue weighted by atomic mass is 19.3. The SMILES string of the molecule is O=C(O)/C(=C\NC1CC1(F)F)C(=O)c1cc(F)c(F)c(F)c1F. The number of ketones is 1. The van der Waals surface area contributed by atoms with Gasteiger partial charge >= 0.3 is 5.97 Å². The molecule has 1 fully saturated rings. The normalized spacial score (nSPS) is 19.4. The molecule has 1 atom stereocenters. The monoisotopic (exact) mass is 339 g/mol. The minimum absolute atomic E-state index is 0.0153. The van der Waals surface area contributed by atoms with Gasteiger partial charge in [-0.2, -0.15) is 0 Å². The number of carboxylic acids is 1. The number of halogens is 6. The van der Waals surface area contributed by atoms with Crippen molar-refractivity contribution < 1.29 is 41.0 Å². The summed E-state index contributed by atoms with van der Waals surface area (Å²) in [6.45, 7) is 0. The Labute approximate surface area is 124 Å². The number of nitrogens with one attached hydrogen (secondary N) is 1. The van der Waals surface area contributed by atoms with E-state index in [-0.39, 0.29) is 6.07 Å². The second-order valence-electron chi connectivity index (χ2n) is 4.72. The van der Waals surface area contributed by atoms with Crippen LogP contribution in [0.25, 0.3) is 0 Å². The Hall–Kier alpha value is -2.52. The summed E-state index contributed by atoms with van der Waals surface area (Å²) >= 11 is 0. The minimum atomic E-state index is -3.08. The first-order chi connectivity index (χ1) is 10.6. The van der Waals surface area contributed by atoms with Crippen molar-refractivity contribution in [3.8, 4) is 0 Å². The molecule has 1 aromatic rings. The van der Waals surface area contributed by atoms with Crippen LogP contribution in [0.2, 0.25) is 0 Å². The fraction of sp³-hybridized carbons (Fsp3) is 0.231. The molecule has 4 nitrogen and oxygen atoms in total. The molecule has 1 saturated carbocycles. The van der Waals surface area contributed by atoms with E-state index in [2.05, 4.69) is 0 Å². The van der Waals surface area contributed by atoms with E-state index in [9.17, 15) is 35.9 Å². The van der Waals surface area contributed by atoms with E-state index >= 15 is 0 Å². The smallest absolute Gasteiger partial charge is 0.341 e. The zero-order chi connectivity index (χ0) is 17.5. The molecule has 1 aliphatic rings. The lowest BCUT2D eigenvalue weighted by Crippen LogP contribution is -2.22. The average molecular weight is 339 g/mol. The van der Waals surface area contributed by atoms with Crippen LogP contribution in [-0.2, 0) is 4.79 Å². The van der Waals surface area contributed by atoms with Crippen molar-refractivity contribution in [2.24, 2.45) is 0 Å². The first-order valence-electron chi connectivity index (χ1n) is 6.01. The third kappa shape index (κ3) is 3.15. The summed E-state index contributed by atoms with van der Waals surface area (Å²) in [6.07, 6.45) is -0.215. The van der Waals surface area contributed by atoms with E-state index in [0.717, 1.165) is 0 Å². The molecule has 1 unspecified atom stereocenters. The third-order valence-electron chi connectivity index (χ3n) is 3.08. The predicted octanol–water partition coefficient (Wildman–Crippen LogP) is 2.39. The van der Waals surface area contributed by atoms with Crippen molar-refractivity contribution in [2.75, 3.05) is 0 Å². The summed E-state index contributed by atoms with van der Waals surface area (Å²) in [4.78, 5) is 22.8. The molecule has 0 spiro atoms. The molecule has 23 heavy (non-hydrogen) atoms. The maximum Gasteiger partial charge on any atom is 0.341 e. The van der Waals surface area contributed by atoms with Crippen LogP contribution < -0.4 is 5.32 Å². The van der Waals surface area contributed by atoms with Gasteiger partial charge < -0.3 is 10.4 Å². The molecule has 1 aromatic carbocycles. The highest BCUT2D eigenvalue weighted by molar-refractivity contribution is 6.23. The van der Waals surface area contributed by atoms with Crippen LogP contribution in [-0.4, -0.2) is 28.8 Å². The summed E-state index contributed by atoms with van der Waals surface area (Å²) < 4.78 is 77.8. The zero-order valence-electron chi connectivity index (χ0n) is 11.0. The molecular formula is C13H7F6NO3. The van der Waals surface area contributed by atoms with Crippen molar-refractivity contribution in [2.45, 2.75) is 18.4 Å². The number of Topliss-reactive ketones (excluding diaryl/α,β-unsaturated/α-hetero) is 1. The van der Waals surface area contributed by atoms with Gasteiger partial charge in [0.1, 0.15) is 5.57 Å². The predicted molar refractivity (Wildman–Crippen MR) is 62.8 cm³/mol. The van der Waals surface area contributed by atoms with Crippen LogP contribution in [0.3, 0.4) is 0 Å². The Balaban J connectivity index is 2.36. The highest BCUT2D eigenvalue weighted by Crippen LogP contribution is 2.41. The van der Waals surface area contributed by atoms with E-state index in [1.165, 1.54) is 0 Å². The molecule has 0 aromatic heterocycles. The van der Waals surface area contributed by atoms with Gasteiger partial charge in [0.25, 0.3) is 5.92 Å². The summed E-state index contributed by atoms with van der Waals surface area (Å²) in [5.41, 5.74) is -2.61. The molecule has 0 aliphatic heterocycles. The van der Waals surface area contributed by atoms with Gasteiger partial charge in [0.15, 0.2) is 23.3 Å². The topological polar surface area (TPSA) is 66.4 Å². The number of benzene rings is 1. The van der Waals surface area contributed by atoms with Gasteiger partial charge in [-0.15, -0.1) is 0 Å². The summed E-state index contributed by atoms with van der Waals surface area (Å²) in [5, 5.41) is 10.8. The number of alkyl halides is 2. The Kier molecular flexibility index (Phi) is 4.10. The van der Waals surface area contributed by atoms with Gasteiger partial charge in [-0.3, -0.25) is 4.79 Å². The Bertz CT molecular complexity index is 731. The van der Waals surface area contributed by atoms with E-state index in [1.54, 1.807) is 0 Å². The standard InChI is InChI=1S/C13H7F6NO3/c14-6-1-4(8(15)10(17)9(6)16)11(21)5(12(22)23)3-20-7-2-13(7,18)19/h1,3,7,20H,2H2,(H,22,23)/b5-3-. The summed E-state index contributed by atoms with van der Waals surface area (Å²) in [6, 6.07) is -1.42. The molecule has 2 rings (SSSR count). The molecule has 10 heteroatoms. The molecule has 2 N–H and O–H groups in total. The molecule has 0 radical (unpaired) electrons. The second-order valence-corrected chi connectivity index (χ2v) is 4.72. The maximum absolute atomic E-state index is 13.5. The first kappa shape index (κ1) is 16.8. The molecule has 0 saturated heterocycles. The molecule has 0 bridgehead atoms. The fourth-order valence-electron chi connectivity index (χ4n) is 1.69. The molecule has 0 heterocycles. The lowest BCUT2D eigenvalue weighted by molar-refractivity contribution is -0.132. The first-order valence-corrected chi connectivity index (χ1v) is 6.01. The number of rotatable bonds is 5. The quantitative estimate of drug-likeness (QED) is 0.164. The van der Waals surface area contributed by atoms with Crippen molar-refractivity contribution >= 4 is 11.8 Å². The summed E-state index contributed by atoms with van der Waals surface area (Å²) in [7, 11) is 0. The lowest BCUT2D eigenvalue weighted by Gasteiger charge is -2.07. The number of hydrogen-bond donors (Lipinski definition) is 2. The van der Waals surface area contributed by atoms with Crippen molar-refractivity contribution in [1.82, 2.24) is 5.32 Å². The number of carbonyl (C=O) groups is 2. The van der Waals surface area contributed by atoms with Crippen LogP contribution in [0.4, 0.5) is 26.3 Å². The lowest BCUT2D eigenvalue weighted by atomic mass is 10.0. The summed E-state index contributed by atoms with van der Waals surface area (Å²) in [5.74, 6) is -15.2. The Morgan fingerprint density at radius 1 is 1.17 bits per heavy atom. The van der Waals surface area contributed by atoms with Crippen LogP contribution >= 0.6 is 0 Å². The van der Waals surface area contributed by atoms with E-state index in [1.807, 2.05) is 5.32 Å². The minimum Gasteiger partial charge on any atom is -0.477 e. The van der Waals surface area contributed by atoms with E-state index in [4.69, 9.17) is 5.11 Å². The van der Waals surface area contributed by atoms with E-state index in [0.29, 0.717) is 6.20 Å². The van der Waals surface area contributed by atoms with Gasteiger partial charge in [-0.25, -0.2) is 31.1 Å². The van der Waals surface area contributed by atoms with Crippen molar-refractivity contribution in [3.05, 3.63) is 46.7 Å². The third-order valence-corrected chi connectivity index (χ3v) is 3.08. The fourth-order valence-corrected chi connectivity index (χ4v) is 1.69. The Morgan fingerprint density at radius 3 is 2.22 bits per heavy atom. The Morgan fingerprint density at radius 2 is 1.74 bits per heavy atom. The second kappa shape index (κ2) is 5.60. The van der Waals surface area contributed by atoms with Crippen LogP contribution in [0.1, 0.15) is 16.8 Å². The number of hydrogen-bond acceptors (Lipinski definition) is 3. The van der Waals surface area contributed by atoms with Crippen molar-refractivity contribution in [3.63, 3.8) is 0 Å². The molecule has 0 amide bonds. The molecule has 124 valence electrons. The van der Waals surface area contributed by atoms with Gasteiger partial charge in [0.05, 0.1) is 11.6 Å². The van der Waals surface area contributed by atoms with Gasteiger partial charge in [-0.05, 0) is 6.07 Å². The average Bonchev–Trinajstić information content (AvgIpc) is 3.07. The van der Waals surface area contributed by atoms with Crippen LogP contribution in [0, 0.1) is 23.3 Å². The van der Waals surface area contributed by atoms with Crippen LogP contribution in [0.5, 0.6) is 0 Å². The number of aliphatic carboxylic acids is 1. The number of carboxylic acid groups (broad SMARTS) is 1. The zero-order valence-corrected chi connectivity index (χ0v) is 11.0. The van der Waals surface area contributed by atoms with E-state index < -0.39 is 64.5 Å². The van der Waals surface area contributed by atoms with Gasteiger partial charge in [0, 0.05) is 12.6 Å². The largest absolute Gasteiger partial charge is 0.477 e. The number of carbonyl (C=O) groups excluding carboxylic acids is 1. The highest BCUT2D eigenvalue weighted by Gasteiger charge is 2.56.